The zero-order valence-corrected chi connectivity index (χ0v) is 19.2. The Balaban J connectivity index is 1.13. The third-order valence-corrected chi connectivity index (χ3v) is 6.52. The van der Waals surface area contributed by atoms with Gasteiger partial charge in [0.1, 0.15) is 6.61 Å². The van der Waals surface area contributed by atoms with Gasteiger partial charge in [-0.15, -0.1) is 0 Å². The van der Waals surface area contributed by atoms with Gasteiger partial charge in [0.25, 0.3) is 5.91 Å². The molecule has 8 heteroatoms. The lowest BCUT2D eigenvalue weighted by Gasteiger charge is -2.37. The molecule has 2 aliphatic rings. The third-order valence-electron chi connectivity index (χ3n) is 6.03. The van der Waals surface area contributed by atoms with Gasteiger partial charge in [0, 0.05) is 55.3 Å². The Kier molecular flexibility index (Phi) is 5.78. The van der Waals surface area contributed by atoms with Crippen molar-refractivity contribution in [2.24, 2.45) is 0 Å². The Morgan fingerprint density at radius 1 is 0.969 bits per heavy atom. The van der Waals surface area contributed by atoms with Gasteiger partial charge < -0.3 is 23.8 Å². The normalized spacial score (nSPS) is 18.1. The lowest BCUT2D eigenvalue weighted by molar-refractivity contribution is -0.146. The van der Waals surface area contributed by atoms with Crippen LogP contribution in [0.1, 0.15) is 6.42 Å². The maximum absolute atomic E-state index is 12.9. The average molecular weight is 498 g/mol. The molecule has 5 rings (SSSR count). The molecular weight excluding hydrogens is 474 g/mol. The minimum absolute atomic E-state index is 0.0870. The molecule has 3 aromatic rings. The number of hydrogen-bond acceptors (Lipinski definition) is 4. The largest absolute Gasteiger partial charge is 0.485 e. The van der Waals surface area contributed by atoms with Gasteiger partial charge in [-0.1, -0.05) is 34.1 Å². The van der Waals surface area contributed by atoms with Crippen LogP contribution < -0.4 is 9.47 Å². The van der Waals surface area contributed by atoms with Crippen molar-refractivity contribution in [2.75, 3.05) is 32.8 Å². The Bertz CT molecular complexity index is 1150. The summed E-state index contributed by atoms with van der Waals surface area (Å²) in [6.45, 7) is 2.91. The Labute approximate surface area is 194 Å². The summed E-state index contributed by atoms with van der Waals surface area (Å²) in [6.07, 6.45) is 1.81. The molecule has 0 bridgehead atoms. The lowest BCUT2D eigenvalue weighted by Crippen LogP contribution is -2.55. The van der Waals surface area contributed by atoms with Crippen LogP contribution in [0.25, 0.3) is 10.9 Å². The summed E-state index contributed by atoms with van der Waals surface area (Å²) in [6, 6.07) is 15.6. The predicted molar refractivity (Wildman–Crippen MR) is 124 cm³/mol. The summed E-state index contributed by atoms with van der Waals surface area (Å²) in [7, 11) is 0. The number of carbonyl (C=O) groups excluding carboxylic acids is 2. The number of hydrogen-bond donors (Lipinski definition) is 0. The molecule has 2 aromatic carbocycles. The fourth-order valence-corrected chi connectivity index (χ4v) is 4.60. The van der Waals surface area contributed by atoms with Crippen LogP contribution in [0.3, 0.4) is 0 Å². The molecule has 7 nitrogen and oxygen atoms in total. The summed E-state index contributed by atoms with van der Waals surface area (Å²) in [5.74, 6) is 1.28. The molecule has 2 amide bonds. The van der Waals surface area contributed by atoms with Crippen molar-refractivity contribution in [1.82, 2.24) is 14.4 Å². The molecular formula is C24H24BrN3O4. The number of fused-ring (bicyclic) bond motifs is 2. The number of carbonyl (C=O) groups is 2. The van der Waals surface area contributed by atoms with E-state index in [4.69, 9.17) is 9.47 Å². The lowest BCUT2D eigenvalue weighted by atomic mass is 10.2. The number of benzene rings is 2. The molecule has 1 atom stereocenters. The number of piperazine rings is 1. The number of aromatic nitrogens is 1. The van der Waals surface area contributed by atoms with Gasteiger partial charge in [-0.3, -0.25) is 9.59 Å². The fourth-order valence-electron chi connectivity index (χ4n) is 4.25. The van der Waals surface area contributed by atoms with E-state index >= 15 is 0 Å². The SMILES string of the molecule is O=C(CCn1ccc2ccc(Br)cc21)N1CCN(C(=O)C2COc3ccccc3O2)CC1. The van der Waals surface area contributed by atoms with Gasteiger partial charge in [-0.2, -0.15) is 0 Å². The van der Waals surface area contributed by atoms with Gasteiger partial charge >= 0.3 is 0 Å². The fraction of sp³-hybridized carbons (Fsp3) is 0.333. The Morgan fingerprint density at radius 3 is 2.53 bits per heavy atom. The summed E-state index contributed by atoms with van der Waals surface area (Å²) in [5.41, 5.74) is 1.11. The number of halogens is 1. The highest BCUT2D eigenvalue weighted by Crippen LogP contribution is 2.31. The summed E-state index contributed by atoms with van der Waals surface area (Å²) >= 11 is 3.51. The van der Waals surface area contributed by atoms with Crippen molar-refractivity contribution < 1.29 is 19.1 Å². The van der Waals surface area contributed by atoms with Crippen molar-refractivity contribution in [3.63, 3.8) is 0 Å². The number of para-hydroxylation sites is 2. The van der Waals surface area contributed by atoms with Gasteiger partial charge in [0.15, 0.2) is 11.5 Å². The molecule has 0 spiro atoms. The molecule has 2 aliphatic heterocycles. The molecule has 0 N–H and O–H groups in total. The van der Waals surface area contributed by atoms with Crippen LogP contribution in [0.4, 0.5) is 0 Å². The molecule has 166 valence electrons. The number of amides is 2. The van der Waals surface area contributed by atoms with Crippen molar-refractivity contribution in [3.05, 3.63) is 59.2 Å². The number of nitrogens with zero attached hydrogens (tertiary/aromatic N) is 3. The summed E-state index contributed by atoms with van der Waals surface area (Å²) < 4.78 is 14.6. The first-order valence-electron chi connectivity index (χ1n) is 10.8. The number of aryl methyl sites for hydroxylation is 1. The molecule has 1 fully saturated rings. The first-order valence-corrected chi connectivity index (χ1v) is 11.6. The van der Waals surface area contributed by atoms with E-state index in [9.17, 15) is 9.59 Å². The van der Waals surface area contributed by atoms with E-state index in [2.05, 4.69) is 38.7 Å². The summed E-state index contributed by atoms with van der Waals surface area (Å²) in [5, 5.41) is 1.16. The van der Waals surface area contributed by atoms with Crippen molar-refractivity contribution in [1.29, 1.82) is 0 Å². The van der Waals surface area contributed by atoms with E-state index < -0.39 is 6.10 Å². The van der Waals surface area contributed by atoms with Crippen LogP contribution in [0.15, 0.2) is 59.2 Å². The second-order valence-electron chi connectivity index (χ2n) is 8.03. The standard InChI is InChI=1S/C24H24BrN3O4/c25-18-6-5-17-7-9-26(19(17)15-18)10-8-23(29)27-11-13-28(14-12-27)24(30)22-16-31-20-3-1-2-4-21(20)32-22/h1-7,9,15,22H,8,10-14,16H2. The Morgan fingerprint density at radius 2 is 1.72 bits per heavy atom. The van der Waals surface area contributed by atoms with Crippen LogP contribution in [0.5, 0.6) is 11.5 Å². The van der Waals surface area contributed by atoms with Crippen molar-refractivity contribution in [3.8, 4) is 11.5 Å². The average Bonchev–Trinajstić information content (AvgIpc) is 3.23. The summed E-state index contributed by atoms with van der Waals surface area (Å²) in [4.78, 5) is 29.3. The second-order valence-corrected chi connectivity index (χ2v) is 8.95. The van der Waals surface area contributed by atoms with E-state index in [1.807, 2.05) is 35.4 Å². The topological polar surface area (TPSA) is 64.0 Å². The minimum atomic E-state index is -0.645. The zero-order chi connectivity index (χ0) is 22.1. The van der Waals surface area contributed by atoms with Gasteiger partial charge in [-0.05, 0) is 35.7 Å². The van der Waals surface area contributed by atoms with Crippen LogP contribution >= 0.6 is 15.9 Å². The molecule has 0 aliphatic carbocycles. The van der Waals surface area contributed by atoms with Gasteiger partial charge in [-0.25, -0.2) is 0 Å². The van der Waals surface area contributed by atoms with Crippen molar-refractivity contribution in [2.45, 2.75) is 19.1 Å². The van der Waals surface area contributed by atoms with Gasteiger partial charge in [0.2, 0.25) is 12.0 Å². The first kappa shape index (κ1) is 20.9. The first-order chi connectivity index (χ1) is 15.6. The smallest absolute Gasteiger partial charge is 0.267 e. The van der Waals surface area contributed by atoms with E-state index in [1.165, 1.54) is 0 Å². The molecule has 3 heterocycles. The minimum Gasteiger partial charge on any atom is -0.485 e. The second kappa shape index (κ2) is 8.86. The highest BCUT2D eigenvalue weighted by Gasteiger charge is 2.33. The molecule has 32 heavy (non-hydrogen) atoms. The highest BCUT2D eigenvalue weighted by atomic mass is 79.9. The molecule has 0 saturated carbocycles. The van der Waals surface area contributed by atoms with Crippen LogP contribution in [0, 0.1) is 0 Å². The maximum atomic E-state index is 12.9. The molecule has 1 unspecified atom stereocenters. The maximum Gasteiger partial charge on any atom is 0.267 e. The van der Waals surface area contributed by atoms with E-state index in [1.54, 1.807) is 11.0 Å². The Hall–Kier alpha value is -3.00. The number of rotatable bonds is 4. The quantitative estimate of drug-likeness (QED) is 0.554. The highest BCUT2D eigenvalue weighted by molar-refractivity contribution is 9.10. The molecule has 1 saturated heterocycles. The van der Waals surface area contributed by atoms with Gasteiger partial charge in [0.05, 0.1) is 0 Å². The predicted octanol–water partition coefficient (Wildman–Crippen LogP) is 3.30. The molecule has 0 radical (unpaired) electrons. The molecule has 1 aromatic heterocycles. The van der Waals surface area contributed by atoms with Crippen LogP contribution in [0.2, 0.25) is 0 Å². The monoisotopic (exact) mass is 497 g/mol. The van der Waals surface area contributed by atoms with Crippen LogP contribution in [-0.2, 0) is 16.1 Å². The van der Waals surface area contributed by atoms with E-state index in [0.717, 1.165) is 15.4 Å². The van der Waals surface area contributed by atoms with E-state index in [-0.39, 0.29) is 18.4 Å². The van der Waals surface area contributed by atoms with Crippen molar-refractivity contribution >= 4 is 38.6 Å². The zero-order valence-electron chi connectivity index (χ0n) is 17.6. The van der Waals surface area contributed by atoms with Crippen LogP contribution in [-0.4, -0.2) is 65.1 Å². The number of ether oxygens (including phenoxy) is 2. The van der Waals surface area contributed by atoms with E-state index in [0.29, 0.717) is 50.6 Å². The third kappa shape index (κ3) is 4.19.